The van der Waals surface area contributed by atoms with E-state index >= 15 is 0 Å². The van der Waals surface area contributed by atoms with E-state index in [-0.39, 0.29) is 17.2 Å². The Hall–Kier alpha value is -2.49. The summed E-state index contributed by atoms with van der Waals surface area (Å²) in [5.74, 6) is 0. The molecule has 0 fully saturated rings. The second-order valence-corrected chi connectivity index (χ2v) is 8.44. The number of aryl methyl sites for hydroxylation is 1. The summed E-state index contributed by atoms with van der Waals surface area (Å²) in [6.45, 7) is 4.28. The van der Waals surface area contributed by atoms with Crippen molar-refractivity contribution < 1.29 is 18.1 Å². The van der Waals surface area contributed by atoms with Gasteiger partial charge in [0.2, 0.25) is 10.0 Å². The van der Waals surface area contributed by atoms with Crippen molar-refractivity contribution in [2.45, 2.75) is 31.3 Å². The SMILES string of the molecule is COC[C@H](C)NS(=O)(=O)c1ccc(N(C)Cc2ccc(C)cc2)c([N+](=O)[O-])c1. The van der Waals surface area contributed by atoms with Crippen LogP contribution >= 0.6 is 0 Å². The van der Waals surface area contributed by atoms with Gasteiger partial charge < -0.3 is 9.64 Å². The van der Waals surface area contributed by atoms with Gasteiger partial charge in [0.25, 0.3) is 5.69 Å². The van der Waals surface area contributed by atoms with Gasteiger partial charge in [0.1, 0.15) is 5.69 Å². The third kappa shape index (κ3) is 5.51. The quantitative estimate of drug-likeness (QED) is 0.507. The molecular weight excluding hydrogens is 382 g/mol. The minimum absolute atomic E-state index is 0.158. The van der Waals surface area contributed by atoms with Crippen molar-refractivity contribution in [1.29, 1.82) is 0 Å². The highest BCUT2D eigenvalue weighted by atomic mass is 32.2. The highest BCUT2D eigenvalue weighted by Crippen LogP contribution is 2.31. The summed E-state index contributed by atoms with van der Waals surface area (Å²) in [6.07, 6.45) is 0. The van der Waals surface area contributed by atoms with Gasteiger partial charge in [-0.15, -0.1) is 0 Å². The van der Waals surface area contributed by atoms with Crippen LogP contribution in [0.2, 0.25) is 0 Å². The van der Waals surface area contributed by atoms with Crippen LogP contribution in [0.25, 0.3) is 0 Å². The zero-order chi connectivity index (χ0) is 20.9. The fraction of sp³-hybridized carbons (Fsp3) is 0.368. The number of hydrogen-bond donors (Lipinski definition) is 1. The largest absolute Gasteiger partial charge is 0.383 e. The Labute approximate surface area is 165 Å². The molecule has 28 heavy (non-hydrogen) atoms. The van der Waals surface area contributed by atoms with Crippen LogP contribution in [-0.2, 0) is 21.3 Å². The van der Waals surface area contributed by atoms with Gasteiger partial charge in [-0.1, -0.05) is 29.8 Å². The number of nitrogens with one attached hydrogen (secondary N) is 1. The smallest absolute Gasteiger partial charge is 0.293 e. The summed E-state index contributed by atoms with van der Waals surface area (Å²) in [5, 5.41) is 11.6. The molecule has 8 nitrogen and oxygen atoms in total. The van der Waals surface area contributed by atoms with Crippen LogP contribution in [0, 0.1) is 17.0 Å². The zero-order valence-corrected chi connectivity index (χ0v) is 17.2. The Morgan fingerprint density at radius 3 is 2.43 bits per heavy atom. The average Bonchev–Trinajstić information content (AvgIpc) is 2.62. The van der Waals surface area contributed by atoms with Crippen molar-refractivity contribution in [3.8, 4) is 0 Å². The number of nitrogens with zero attached hydrogens (tertiary/aromatic N) is 2. The van der Waals surface area contributed by atoms with Gasteiger partial charge in [-0.05, 0) is 31.5 Å². The van der Waals surface area contributed by atoms with Crippen molar-refractivity contribution in [2.24, 2.45) is 0 Å². The van der Waals surface area contributed by atoms with E-state index in [0.717, 1.165) is 17.2 Å². The number of rotatable bonds is 9. The van der Waals surface area contributed by atoms with E-state index in [0.29, 0.717) is 12.2 Å². The number of nitro benzene ring substituents is 1. The lowest BCUT2D eigenvalue weighted by atomic mass is 10.1. The maximum Gasteiger partial charge on any atom is 0.293 e. The molecule has 2 aromatic rings. The van der Waals surface area contributed by atoms with Crippen LogP contribution in [-0.4, -0.2) is 40.1 Å². The molecule has 2 rings (SSSR count). The molecule has 0 heterocycles. The molecule has 0 amide bonds. The van der Waals surface area contributed by atoms with Gasteiger partial charge in [0, 0.05) is 32.8 Å². The lowest BCUT2D eigenvalue weighted by Crippen LogP contribution is -2.35. The molecule has 0 spiro atoms. The van der Waals surface area contributed by atoms with Crippen LogP contribution in [0.3, 0.4) is 0 Å². The Bertz CT molecular complexity index is 929. The predicted octanol–water partition coefficient (Wildman–Crippen LogP) is 2.85. The van der Waals surface area contributed by atoms with Crippen LogP contribution in [0.5, 0.6) is 0 Å². The molecule has 0 aliphatic rings. The van der Waals surface area contributed by atoms with Crippen molar-refractivity contribution in [3.05, 3.63) is 63.7 Å². The standard InChI is InChI=1S/C19H25N3O5S/c1-14-5-7-16(8-6-14)12-21(3)18-10-9-17(11-19(18)22(23)24)28(25,26)20-15(2)13-27-4/h5-11,15,20H,12-13H2,1-4H3/t15-/m0/s1. The summed E-state index contributed by atoms with van der Waals surface area (Å²) in [6, 6.07) is 11.3. The first kappa shape index (κ1) is 21.8. The Morgan fingerprint density at radius 1 is 1.21 bits per heavy atom. The number of anilines is 1. The van der Waals surface area contributed by atoms with E-state index in [1.807, 2.05) is 31.2 Å². The maximum absolute atomic E-state index is 12.5. The average molecular weight is 407 g/mol. The normalized spacial score (nSPS) is 12.6. The summed E-state index contributed by atoms with van der Waals surface area (Å²) in [4.78, 5) is 12.6. The molecule has 9 heteroatoms. The molecule has 1 atom stereocenters. The minimum Gasteiger partial charge on any atom is -0.383 e. The monoisotopic (exact) mass is 407 g/mol. The number of benzene rings is 2. The second-order valence-electron chi connectivity index (χ2n) is 6.73. The number of nitro groups is 1. The van der Waals surface area contributed by atoms with E-state index in [2.05, 4.69) is 4.72 Å². The molecule has 0 saturated carbocycles. The number of ether oxygens (including phenoxy) is 1. The lowest BCUT2D eigenvalue weighted by molar-refractivity contribution is -0.384. The van der Waals surface area contributed by atoms with Crippen molar-refractivity contribution in [2.75, 3.05) is 25.7 Å². The first-order chi connectivity index (χ1) is 13.1. The predicted molar refractivity (Wildman–Crippen MR) is 108 cm³/mol. The summed E-state index contributed by atoms with van der Waals surface area (Å²) >= 11 is 0. The lowest BCUT2D eigenvalue weighted by Gasteiger charge is -2.20. The van der Waals surface area contributed by atoms with Crippen molar-refractivity contribution in [1.82, 2.24) is 4.72 Å². The molecule has 2 aromatic carbocycles. The van der Waals surface area contributed by atoms with Crippen LogP contribution in [0.1, 0.15) is 18.1 Å². The third-order valence-corrected chi connectivity index (χ3v) is 5.77. The number of methoxy groups -OCH3 is 1. The third-order valence-electron chi connectivity index (χ3n) is 4.18. The van der Waals surface area contributed by atoms with Crippen molar-refractivity contribution in [3.63, 3.8) is 0 Å². The summed E-state index contributed by atoms with van der Waals surface area (Å²) in [5.41, 5.74) is 2.20. The zero-order valence-electron chi connectivity index (χ0n) is 16.4. The maximum atomic E-state index is 12.5. The molecule has 1 N–H and O–H groups in total. The van der Waals surface area contributed by atoms with Gasteiger partial charge >= 0.3 is 0 Å². The van der Waals surface area contributed by atoms with Crippen LogP contribution < -0.4 is 9.62 Å². The Morgan fingerprint density at radius 2 is 1.86 bits per heavy atom. The van der Waals surface area contributed by atoms with Gasteiger partial charge in [0.15, 0.2) is 0 Å². The number of hydrogen-bond acceptors (Lipinski definition) is 6. The highest BCUT2D eigenvalue weighted by Gasteiger charge is 2.24. The topological polar surface area (TPSA) is 102 Å². The van der Waals surface area contributed by atoms with E-state index in [1.54, 1.807) is 18.9 Å². The minimum atomic E-state index is -3.90. The summed E-state index contributed by atoms with van der Waals surface area (Å²) < 4.78 is 32.4. The molecular formula is C19H25N3O5S. The molecule has 0 aliphatic heterocycles. The highest BCUT2D eigenvalue weighted by molar-refractivity contribution is 7.89. The molecule has 0 unspecified atom stereocenters. The molecule has 0 saturated heterocycles. The Balaban J connectivity index is 2.31. The van der Waals surface area contributed by atoms with Gasteiger partial charge in [-0.3, -0.25) is 10.1 Å². The van der Waals surface area contributed by atoms with Gasteiger partial charge in [0.05, 0.1) is 16.4 Å². The van der Waals surface area contributed by atoms with E-state index in [9.17, 15) is 18.5 Å². The van der Waals surface area contributed by atoms with Crippen molar-refractivity contribution >= 4 is 21.4 Å². The first-order valence-corrected chi connectivity index (χ1v) is 10.2. The molecule has 0 radical (unpaired) electrons. The molecule has 152 valence electrons. The summed E-state index contributed by atoms with van der Waals surface area (Å²) in [7, 11) is -0.699. The molecule has 0 bridgehead atoms. The van der Waals surface area contributed by atoms with Gasteiger partial charge in [-0.25, -0.2) is 13.1 Å². The molecule has 0 aromatic heterocycles. The van der Waals surface area contributed by atoms with E-state index in [1.165, 1.54) is 19.2 Å². The van der Waals surface area contributed by atoms with Crippen LogP contribution in [0.4, 0.5) is 11.4 Å². The second kappa shape index (κ2) is 9.13. The number of sulfonamides is 1. The van der Waals surface area contributed by atoms with Crippen LogP contribution in [0.15, 0.2) is 47.4 Å². The first-order valence-electron chi connectivity index (χ1n) is 8.70. The van der Waals surface area contributed by atoms with E-state index in [4.69, 9.17) is 4.74 Å². The van der Waals surface area contributed by atoms with Gasteiger partial charge in [-0.2, -0.15) is 0 Å². The Kier molecular flexibility index (Phi) is 7.11. The fourth-order valence-corrected chi connectivity index (χ4v) is 4.06. The molecule has 0 aliphatic carbocycles. The van der Waals surface area contributed by atoms with E-state index < -0.39 is 21.0 Å². The fourth-order valence-electron chi connectivity index (χ4n) is 2.81.